The van der Waals surface area contributed by atoms with E-state index in [4.69, 9.17) is 17.0 Å². The van der Waals surface area contributed by atoms with Gasteiger partial charge < -0.3 is 14.7 Å². The number of nitrogens with zero attached hydrogens (tertiary/aromatic N) is 4. The molecule has 1 N–H and O–H groups in total. The van der Waals surface area contributed by atoms with E-state index in [1.54, 1.807) is 43.5 Å². The first-order valence-corrected chi connectivity index (χ1v) is 9.78. The Kier molecular flexibility index (Phi) is 6.45. The van der Waals surface area contributed by atoms with Gasteiger partial charge in [-0.05, 0) is 18.2 Å². The summed E-state index contributed by atoms with van der Waals surface area (Å²) in [6, 6.07) is 5.26. The Morgan fingerprint density at radius 2 is 2.18 bits per heavy atom. The third kappa shape index (κ3) is 3.95. The second-order valence-electron chi connectivity index (χ2n) is 6.05. The highest BCUT2D eigenvalue weighted by Crippen LogP contribution is 2.33. The molecule has 0 aliphatic carbocycles. The molecule has 1 saturated heterocycles. The number of carbonyl (C=O) groups excluding carboxylic acids is 1. The van der Waals surface area contributed by atoms with Crippen LogP contribution in [0.1, 0.15) is 5.56 Å². The summed E-state index contributed by atoms with van der Waals surface area (Å²) in [7, 11) is 3.29. The van der Waals surface area contributed by atoms with Crippen molar-refractivity contribution >= 4 is 51.7 Å². The van der Waals surface area contributed by atoms with Gasteiger partial charge in [0.25, 0.3) is 11.5 Å². The van der Waals surface area contributed by atoms with Crippen molar-refractivity contribution in [1.29, 1.82) is 0 Å². The van der Waals surface area contributed by atoms with Gasteiger partial charge in [0.2, 0.25) is 0 Å². The van der Waals surface area contributed by atoms with Crippen molar-refractivity contribution in [2.45, 2.75) is 0 Å². The number of hydrogen-bond donors (Lipinski definition) is 1. The van der Waals surface area contributed by atoms with Crippen LogP contribution in [0.3, 0.4) is 0 Å². The van der Waals surface area contributed by atoms with Crippen LogP contribution in [0.25, 0.3) is 11.7 Å². The Morgan fingerprint density at radius 1 is 1.39 bits per heavy atom. The monoisotopic (exact) mass is 420 g/mol. The molecule has 0 spiro atoms. The molecule has 0 aromatic carbocycles. The van der Waals surface area contributed by atoms with E-state index >= 15 is 0 Å². The standard InChI is InChI=1S/C18H20N4O4S2/c1-20(7-9-23)15-12(16(24)21-6-4-3-5-14(21)19-15)11-13-17(25)22(8-10-26-2)18(27)28-13/h3-6,11,23H,7-10H2,1-2H3/b13-11+. The van der Waals surface area contributed by atoms with Crippen LogP contribution in [-0.2, 0) is 9.53 Å². The lowest BCUT2D eigenvalue weighted by Crippen LogP contribution is -2.31. The number of aliphatic hydroxyl groups is 1. The van der Waals surface area contributed by atoms with E-state index in [9.17, 15) is 14.7 Å². The summed E-state index contributed by atoms with van der Waals surface area (Å²) in [5, 5.41) is 9.29. The summed E-state index contributed by atoms with van der Waals surface area (Å²) in [4.78, 5) is 33.9. The first kappa shape index (κ1) is 20.5. The fourth-order valence-corrected chi connectivity index (χ4v) is 4.06. The lowest BCUT2D eigenvalue weighted by atomic mass is 10.2. The Morgan fingerprint density at radius 3 is 2.89 bits per heavy atom. The van der Waals surface area contributed by atoms with Crippen molar-refractivity contribution in [3.8, 4) is 0 Å². The topological polar surface area (TPSA) is 87.4 Å². The third-order valence-electron chi connectivity index (χ3n) is 4.21. The summed E-state index contributed by atoms with van der Waals surface area (Å²) in [5.41, 5.74) is 0.455. The van der Waals surface area contributed by atoms with Crippen molar-refractivity contribution < 1.29 is 14.6 Å². The van der Waals surface area contributed by atoms with Gasteiger partial charge in [-0.2, -0.15) is 0 Å². The first-order chi connectivity index (χ1) is 13.5. The van der Waals surface area contributed by atoms with Crippen LogP contribution < -0.4 is 10.5 Å². The number of pyridine rings is 1. The molecule has 3 rings (SSSR count). The highest BCUT2D eigenvalue weighted by molar-refractivity contribution is 8.26. The van der Waals surface area contributed by atoms with Gasteiger partial charge >= 0.3 is 0 Å². The zero-order valence-electron chi connectivity index (χ0n) is 15.5. The summed E-state index contributed by atoms with van der Waals surface area (Å²) >= 11 is 6.43. The minimum atomic E-state index is -0.299. The number of methoxy groups -OCH3 is 1. The number of carbonyl (C=O) groups is 1. The molecule has 1 aliphatic rings. The summed E-state index contributed by atoms with van der Waals surface area (Å²) in [5.74, 6) is 0.132. The van der Waals surface area contributed by atoms with Crippen molar-refractivity contribution in [3.05, 3.63) is 45.2 Å². The van der Waals surface area contributed by atoms with Gasteiger partial charge in [-0.15, -0.1) is 0 Å². The van der Waals surface area contributed by atoms with Gasteiger partial charge in [0, 0.05) is 26.9 Å². The highest BCUT2D eigenvalue weighted by atomic mass is 32.2. The minimum absolute atomic E-state index is 0.0923. The number of amides is 1. The van der Waals surface area contributed by atoms with E-state index in [-0.39, 0.29) is 23.6 Å². The molecule has 0 atom stereocenters. The number of ether oxygens (including phenoxy) is 1. The molecule has 0 radical (unpaired) electrons. The van der Waals surface area contributed by atoms with E-state index in [1.165, 1.54) is 15.4 Å². The minimum Gasteiger partial charge on any atom is -0.395 e. The molecule has 28 heavy (non-hydrogen) atoms. The van der Waals surface area contributed by atoms with Gasteiger partial charge in [0.15, 0.2) is 0 Å². The second kappa shape index (κ2) is 8.82. The van der Waals surface area contributed by atoms with E-state index in [0.29, 0.717) is 40.4 Å². The maximum absolute atomic E-state index is 13.1. The van der Waals surface area contributed by atoms with Crippen LogP contribution in [0, 0.1) is 0 Å². The van der Waals surface area contributed by atoms with Crippen LogP contribution in [0.15, 0.2) is 34.1 Å². The van der Waals surface area contributed by atoms with Gasteiger partial charge in [-0.3, -0.25) is 18.9 Å². The molecule has 3 heterocycles. The van der Waals surface area contributed by atoms with Gasteiger partial charge in [-0.25, -0.2) is 4.98 Å². The largest absolute Gasteiger partial charge is 0.395 e. The molecule has 1 amide bonds. The maximum atomic E-state index is 13.1. The number of likely N-dealkylation sites (N-methyl/N-ethyl adjacent to an activating group) is 1. The molecule has 8 nitrogen and oxygen atoms in total. The second-order valence-corrected chi connectivity index (χ2v) is 7.73. The molecule has 0 saturated carbocycles. The van der Waals surface area contributed by atoms with E-state index in [2.05, 4.69) is 4.98 Å². The predicted octanol–water partition coefficient (Wildman–Crippen LogP) is 0.971. The Balaban J connectivity index is 2.11. The number of aliphatic hydroxyl groups excluding tert-OH is 1. The average molecular weight is 421 g/mol. The van der Waals surface area contributed by atoms with Crippen LogP contribution >= 0.6 is 24.0 Å². The molecule has 0 bridgehead atoms. The molecule has 148 valence electrons. The summed E-state index contributed by atoms with van der Waals surface area (Å²) in [6.45, 7) is 0.922. The number of hydrogen-bond acceptors (Lipinski definition) is 8. The number of fused-ring (bicyclic) bond motifs is 1. The van der Waals surface area contributed by atoms with Crippen LogP contribution in [-0.4, -0.2) is 70.1 Å². The number of anilines is 1. The SMILES string of the molecule is COCCN1C(=O)/C(=C\c2c(N(C)CCO)nc3ccccn3c2=O)SC1=S. The molecule has 1 fully saturated rings. The van der Waals surface area contributed by atoms with Gasteiger partial charge in [0.1, 0.15) is 15.8 Å². The molecule has 0 unspecified atom stereocenters. The average Bonchev–Trinajstić information content (AvgIpc) is 2.95. The number of rotatable bonds is 7. The molecule has 2 aromatic heterocycles. The Hall–Kier alpha value is -2.27. The van der Waals surface area contributed by atoms with Crippen molar-refractivity contribution in [1.82, 2.24) is 14.3 Å². The van der Waals surface area contributed by atoms with E-state index < -0.39 is 0 Å². The quantitative estimate of drug-likeness (QED) is 0.524. The van der Waals surface area contributed by atoms with Gasteiger partial charge in [-0.1, -0.05) is 30.0 Å². The van der Waals surface area contributed by atoms with Crippen molar-refractivity contribution in [2.75, 3.05) is 45.4 Å². The van der Waals surface area contributed by atoms with Crippen molar-refractivity contribution in [3.63, 3.8) is 0 Å². The molecule has 2 aromatic rings. The van der Waals surface area contributed by atoms with Crippen LogP contribution in [0.5, 0.6) is 0 Å². The zero-order valence-corrected chi connectivity index (χ0v) is 17.1. The fraction of sp³-hybridized carbons (Fsp3) is 0.333. The number of thiocarbonyl (C=S) groups is 1. The Bertz CT molecular complexity index is 1000. The third-order valence-corrected chi connectivity index (χ3v) is 5.59. The first-order valence-electron chi connectivity index (χ1n) is 8.55. The lowest BCUT2D eigenvalue weighted by Gasteiger charge is -2.19. The molecular formula is C18H20N4O4S2. The Labute approximate surface area is 171 Å². The number of thioether (sulfide) groups is 1. The number of aromatic nitrogens is 2. The highest BCUT2D eigenvalue weighted by Gasteiger charge is 2.32. The lowest BCUT2D eigenvalue weighted by molar-refractivity contribution is -0.122. The van der Waals surface area contributed by atoms with Crippen molar-refractivity contribution in [2.24, 2.45) is 0 Å². The maximum Gasteiger partial charge on any atom is 0.267 e. The summed E-state index contributed by atoms with van der Waals surface area (Å²) in [6.07, 6.45) is 3.16. The smallest absolute Gasteiger partial charge is 0.267 e. The molecule has 10 heteroatoms. The van der Waals surface area contributed by atoms with E-state index in [0.717, 1.165) is 11.8 Å². The fourth-order valence-electron chi connectivity index (χ4n) is 2.77. The molecular weight excluding hydrogens is 400 g/mol. The molecule has 1 aliphatic heterocycles. The predicted molar refractivity (Wildman–Crippen MR) is 114 cm³/mol. The van der Waals surface area contributed by atoms with Crippen LogP contribution in [0.4, 0.5) is 5.82 Å². The summed E-state index contributed by atoms with van der Waals surface area (Å²) < 4.78 is 6.87. The van der Waals surface area contributed by atoms with Crippen LogP contribution in [0.2, 0.25) is 0 Å². The van der Waals surface area contributed by atoms with E-state index in [1.807, 2.05) is 0 Å². The van der Waals surface area contributed by atoms with Gasteiger partial charge in [0.05, 0.1) is 30.2 Å². The normalized spacial score (nSPS) is 15.8. The zero-order chi connectivity index (χ0) is 20.3.